The van der Waals surface area contributed by atoms with Crippen LogP contribution in [0.1, 0.15) is 22.8 Å². The molecule has 0 fully saturated rings. The normalized spacial score (nSPS) is 13.3. The Morgan fingerprint density at radius 1 is 0.905 bits per heavy atom. The maximum atomic E-state index is 13.3. The van der Waals surface area contributed by atoms with Gasteiger partial charge < -0.3 is 5.11 Å². The second-order valence-corrected chi connectivity index (χ2v) is 5.16. The molecule has 2 rings (SSSR count). The Morgan fingerprint density at radius 2 is 1.57 bits per heavy atom. The number of hydrogen-bond donors (Lipinski definition) is 1. The van der Waals surface area contributed by atoms with Crippen LogP contribution < -0.4 is 0 Å². The largest absolute Gasteiger partial charge is 0.416 e. The van der Waals surface area contributed by atoms with Gasteiger partial charge in [0, 0.05) is 0 Å². The molecule has 0 saturated heterocycles. The second kappa shape index (κ2) is 5.83. The van der Waals surface area contributed by atoms with Gasteiger partial charge in [0.1, 0.15) is 11.9 Å². The number of benzene rings is 2. The summed E-state index contributed by atoms with van der Waals surface area (Å²) in [6, 6.07) is 6.00. The van der Waals surface area contributed by atoms with Crippen molar-refractivity contribution in [1.29, 1.82) is 0 Å². The lowest BCUT2D eigenvalue weighted by atomic mass is 9.99. The first kappa shape index (κ1) is 16.1. The topological polar surface area (TPSA) is 20.2 Å². The SMILES string of the molecule is OC(c1cc(F)cc(C(F)(F)F)c1)c1ccc(Cl)c(Cl)c1. The summed E-state index contributed by atoms with van der Waals surface area (Å²) in [5.41, 5.74) is -1.18. The van der Waals surface area contributed by atoms with Crippen molar-refractivity contribution in [2.24, 2.45) is 0 Å². The molecule has 1 nitrogen and oxygen atoms in total. The van der Waals surface area contributed by atoms with Crippen molar-refractivity contribution < 1.29 is 22.7 Å². The third-order valence-electron chi connectivity index (χ3n) is 2.82. The maximum Gasteiger partial charge on any atom is 0.416 e. The molecule has 0 amide bonds. The van der Waals surface area contributed by atoms with Crippen LogP contribution in [0.3, 0.4) is 0 Å². The van der Waals surface area contributed by atoms with Gasteiger partial charge in [-0.05, 0) is 41.5 Å². The monoisotopic (exact) mass is 338 g/mol. The molecule has 0 aromatic heterocycles. The summed E-state index contributed by atoms with van der Waals surface area (Å²) in [5.74, 6) is -1.08. The molecule has 21 heavy (non-hydrogen) atoms. The Hall–Kier alpha value is -1.30. The smallest absolute Gasteiger partial charge is 0.384 e. The van der Waals surface area contributed by atoms with E-state index in [0.717, 1.165) is 6.07 Å². The molecule has 1 atom stereocenters. The summed E-state index contributed by atoms with van der Waals surface area (Å²) in [6.07, 6.45) is -6.15. The number of alkyl halides is 3. The van der Waals surface area contributed by atoms with E-state index in [-0.39, 0.29) is 21.2 Å². The second-order valence-electron chi connectivity index (χ2n) is 4.35. The van der Waals surface area contributed by atoms with E-state index in [4.69, 9.17) is 23.2 Å². The zero-order chi connectivity index (χ0) is 15.8. The highest BCUT2D eigenvalue weighted by Crippen LogP contribution is 2.34. The van der Waals surface area contributed by atoms with E-state index in [9.17, 15) is 22.7 Å². The molecule has 0 aliphatic carbocycles. The number of rotatable bonds is 2. The van der Waals surface area contributed by atoms with Crippen LogP contribution in [0.15, 0.2) is 36.4 Å². The Labute approximate surface area is 127 Å². The van der Waals surface area contributed by atoms with E-state index in [1.807, 2.05) is 0 Å². The van der Waals surface area contributed by atoms with E-state index in [1.165, 1.54) is 18.2 Å². The van der Waals surface area contributed by atoms with Crippen molar-refractivity contribution in [2.45, 2.75) is 12.3 Å². The van der Waals surface area contributed by atoms with Gasteiger partial charge in [-0.25, -0.2) is 4.39 Å². The zero-order valence-electron chi connectivity index (χ0n) is 10.3. The van der Waals surface area contributed by atoms with Crippen molar-refractivity contribution in [2.75, 3.05) is 0 Å². The highest BCUT2D eigenvalue weighted by atomic mass is 35.5. The third-order valence-corrected chi connectivity index (χ3v) is 3.56. The minimum Gasteiger partial charge on any atom is -0.384 e. The Balaban J connectivity index is 2.45. The fourth-order valence-electron chi connectivity index (χ4n) is 1.81. The Kier molecular flexibility index (Phi) is 4.46. The third kappa shape index (κ3) is 3.67. The number of aliphatic hydroxyl groups excluding tert-OH is 1. The first-order chi connectivity index (χ1) is 9.68. The van der Waals surface area contributed by atoms with Crippen LogP contribution in [0, 0.1) is 5.82 Å². The van der Waals surface area contributed by atoms with Gasteiger partial charge in [0.2, 0.25) is 0 Å². The van der Waals surface area contributed by atoms with Gasteiger partial charge in [0.05, 0.1) is 15.6 Å². The van der Waals surface area contributed by atoms with Gasteiger partial charge >= 0.3 is 6.18 Å². The molecule has 0 saturated carbocycles. The molecule has 0 radical (unpaired) electrons. The van der Waals surface area contributed by atoms with Gasteiger partial charge in [0.15, 0.2) is 0 Å². The Bertz CT molecular complexity index is 671. The Morgan fingerprint density at radius 3 is 2.14 bits per heavy atom. The van der Waals surface area contributed by atoms with Crippen molar-refractivity contribution in [3.8, 4) is 0 Å². The molecular weight excluding hydrogens is 331 g/mol. The van der Waals surface area contributed by atoms with Gasteiger partial charge in [-0.3, -0.25) is 0 Å². The highest BCUT2D eigenvalue weighted by molar-refractivity contribution is 6.42. The van der Waals surface area contributed by atoms with Crippen molar-refractivity contribution >= 4 is 23.2 Å². The molecule has 112 valence electrons. The average Bonchev–Trinajstić information content (AvgIpc) is 2.39. The predicted molar refractivity (Wildman–Crippen MR) is 71.9 cm³/mol. The molecule has 1 N–H and O–H groups in total. The van der Waals surface area contributed by atoms with Crippen LogP contribution in [0.5, 0.6) is 0 Å². The van der Waals surface area contributed by atoms with Gasteiger partial charge in [-0.2, -0.15) is 13.2 Å². The van der Waals surface area contributed by atoms with Gasteiger partial charge in [-0.15, -0.1) is 0 Å². The molecule has 2 aromatic carbocycles. The zero-order valence-corrected chi connectivity index (χ0v) is 11.8. The standard InChI is InChI=1S/C14H8Cl2F4O/c15-11-2-1-7(5-12(11)16)13(21)8-3-9(14(18,19)20)6-10(17)4-8/h1-6,13,21H. The predicted octanol–water partition coefficient (Wildman–Crippen LogP) is 5.23. The van der Waals surface area contributed by atoms with Crippen LogP contribution in [-0.2, 0) is 6.18 Å². The highest BCUT2D eigenvalue weighted by Gasteiger charge is 2.32. The fourth-order valence-corrected chi connectivity index (χ4v) is 2.12. The molecule has 0 bridgehead atoms. The average molecular weight is 339 g/mol. The number of hydrogen-bond acceptors (Lipinski definition) is 1. The van der Waals surface area contributed by atoms with Crippen LogP contribution in [0.25, 0.3) is 0 Å². The number of halogens is 6. The van der Waals surface area contributed by atoms with E-state index < -0.39 is 23.7 Å². The van der Waals surface area contributed by atoms with E-state index in [2.05, 4.69) is 0 Å². The van der Waals surface area contributed by atoms with Gasteiger partial charge in [-0.1, -0.05) is 29.3 Å². The minimum absolute atomic E-state index is 0.140. The molecule has 1 unspecified atom stereocenters. The van der Waals surface area contributed by atoms with E-state index in [1.54, 1.807) is 0 Å². The summed E-state index contributed by atoms with van der Waals surface area (Å²) in [4.78, 5) is 0. The van der Waals surface area contributed by atoms with E-state index >= 15 is 0 Å². The summed E-state index contributed by atoms with van der Waals surface area (Å²) in [6.45, 7) is 0. The summed E-state index contributed by atoms with van der Waals surface area (Å²) >= 11 is 11.5. The quantitative estimate of drug-likeness (QED) is 0.743. The van der Waals surface area contributed by atoms with Crippen LogP contribution in [-0.4, -0.2) is 5.11 Å². The molecule has 0 aliphatic heterocycles. The van der Waals surface area contributed by atoms with Crippen molar-refractivity contribution in [3.05, 3.63) is 69.0 Å². The summed E-state index contributed by atoms with van der Waals surface area (Å²) < 4.78 is 51.3. The van der Waals surface area contributed by atoms with Crippen LogP contribution in [0.2, 0.25) is 10.0 Å². The maximum absolute atomic E-state index is 13.3. The first-order valence-corrected chi connectivity index (χ1v) is 6.45. The molecule has 2 aromatic rings. The molecule has 7 heteroatoms. The fraction of sp³-hybridized carbons (Fsp3) is 0.143. The molecule has 0 spiro atoms. The van der Waals surface area contributed by atoms with Gasteiger partial charge in [0.25, 0.3) is 0 Å². The summed E-state index contributed by atoms with van der Waals surface area (Å²) in [5, 5.41) is 10.5. The van der Waals surface area contributed by atoms with Crippen LogP contribution in [0.4, 0.5) is 17.6 Å². The van der Waals surface area contributed by atoms with E-state index in [0.29, 0.717) is 12.1 Å². The lowest BCUT2D eigenvalue weighted by Crippen LogP contribution is -2.08. The van der Waals surface area contributed by atoms with Crippen LogP contribution >= 0.6 is 23.2 Å². The van der Waals surface area contributed by atoms with Crippen molar-refractivity contribution in [1.82, 2.24) is 0 Å². The molecule has 0 aliphatic rings. The molecule has 0 heterocycles. The number of aliphatic hydroxyl groups is 1. The van der Waals surface area contributed by atoms with Crippen molar-refractivity contribution in [3.63, 3.8) is 0 Å². The summed E-state index contributed by atoms with van der Waals surface area (Å²) in [7, 11) is 0. The molecular formula is C14H8Cl2F4O. The lowest BCUT2D eigenvalue weighted by Gasteiger charge is -2.15. The minimum atomic E-state index is -4.70. The first-order valence-electron chi connectivity index (χ1n) is 5.69. The lowest BCUT2D eigenvalue weighted by molar-refractivity contribution is -0.137.